The molecule has 0 fully saturated rings. The molecule has 0 aromatic carbocycles. The summed E-state index contributed by atoms with van der Waals surface area (Å²) in [6.45, 7) is 12.9. The van der Waals surface area contributed by atoms with Gasteiger partial charge in [-0.2, -0.15) is 0 Å². The van der Waals surface area contributed by atoms with Gasteiger partial charge in [0.05, 0.1) is 0 Å². The zero-order valence-corrected chi connectivity index (χ0v) is 10.6. The molecule has 0 amide bonds. The molecule has 0 N–H and O–H groups in total. The Bertz CT molecular complexity index is 84.0. The van der Waals surface area contributed by atoms with E-state index in [9.17, 15) is 0 Å². The van der Waals surface area contributed by atoms with Crippen LogP contribution in [-0.2, 0) is 0 Å². The average molecular weight is 198 g/mol. The van der Waals surface area contributed by atoms with E-state index in [2.05, 4.69) is 33.9 Å². The number of hydrogen-bond donors (Lipinski definition) is 0. The van der Waals surface area contributed by atoms with Gasteiger partial charge in [0.15, 0.2) is 0 Å². The van der Waals surface area contributed by atoms with E-state index in [1.54, 1.807) is 0 Å². The summed E-state index contributed by atoms with van der Waals surface area (Å²) in [5, 5.41) is 0. The van der Waals surface area contributed by atoms with Crippen LogP contribution in [0, 0.1) is 5.92 Å². The van der Waals surface area contributed by atoms with Gasteiger partial charge in [-0.05, 0) is 5.92 Å². The Morgan fingerprint density at radius 1 is 0.786 bits per heavy atom. The van der Waals surface area contributed by atoms with Crippen LogP contribution in [0.15, 0.2) is 13.2 Å². The summed E-state index contributed by atoms with van der Waals surface area (Å²) in [4.78, 5) is 0. The van der Waals surface area contributed by atoms with Gasteiger partial charge in [-0.1, -0.05) is 72.1 Å². The second-order valence-electron chi connectivity index (χ2n) is 4.30. The van der Waals surface area contributed by atoms with Gasteiger partial charge < -0.3 is 0 Å². The zero-order valence-electron chi connectivity index (χ0n) is 10.6. The fraction of sp³-hybridized carbons (Fsp3) is 0.857. The molecule has 0 aliphatic carbocycles. The summed E-state index contributed by atoms with van der Waals surface area (Å²) in [6, 6.07) is 0. The maximum atomic E-state index is 3.00. The molecule has 0 radical (unpaired) electrons. The molecule has 0 atom stereocenters. The van der Waals surface area contributed by atoms with Gasteiger partial charge >= 0.3 is 0 Å². The molecular weight excluding hydrogens is 168 g/mol. The quantitative estimate of drug-likeness (QED) is 0.352. The molecule has 0 aliphatic heterocycles. The summed E-state index contributed by atoms with van der Waals surface area (Å²) in [6.07, 6.45) is 11.5. The van der Waals surface area contributed by atoms with Crippen molar-refractivity contribution < 1.29 is 0 Å². The summed E-state index contributed by atoms with van der Waals surface area (Å²) >= 11 is 0. The molecule has 0 saturated heterocycles. The third-order valence-corrected chi connectivity index (χ3v) is 2.39. The zero-order chi connectivity index (χ0) is 11.2. The molecule has 14 heavy (non-hydrogen) atoms. The predicted molar refractivity (Wildman–Crippen MR) is 68.7 cm³/mol. The van der Waals surface area contributed by atoms with Crippen molar-refractivity contribution in [3.05, 3.63) is 13.2 Å². The largest absolute Gasteiger partial charge is 0.106 e. The van der Waals surface area contributed by atoms with Crippen LogP contribution in [0.25, 0.3) is 0 Å². The highest BCUT2D eigenvalue weighted by Crippen LogP contribution is 2.11. The Labute approximate surface area is 91.8 Å². The minimum atomic E-state index is 0.903. The second-order valence-corrected chi connectivity index (χ2v) is 4.30. The van der Waals surface area contributed by atoms with Crippen LogP contribution >= 0.6 is 0 Å². The van der Waals surface area contributed by atoms with Gasteiger partial charge in [-0.3, -0.25) is 0 Å². The lowest BCUT2D eigenvalue weighted by Crippen LogP contribution is -1.87. The van der Waals surface area contributed by atoms with E-state index in [0.717, 1.165) is 5.92 Å². The van der Waals surface area contributed by atoms with Gasteiger partial charge in [0, 0.05) is 0 Å². The molecule has 0 unspecified atom stereocenters. The molecule has 0 heterocycles. The van der Waals surface area contributed by atoms with Crippen LogP contribution < -0.4 is 0 Å². The van der Waals surface area contributed by atoms with Crippen LogP contribution in [0.5, 0.6) is 0 Å². The van der Waals surface area contributed by atoms with E-state index >= 15 is 0 Å². The van der Waals surface area contributed by atoms with Gasteiger partial charge in [-0.25, -0.2) is 0 Å². The Morgan fingerprint density at radius 3 is 1.64 bits per heavy atom. The number of rotatable bonds is 8. The maximum Gasteiger partial charge on any atom is -0.0471 e. The van der Waals surface area contributed by atoms with Gasteiger partial charge in [0.25, 0.3) is 0 Å². The lowest BCUT2D eigenvalue weighted by atomic mass is 10.0. The third-order valence-electron chi connectivity index (χ3n) is 2.39. The molecule has 0 spiro atoms. The molecule has 0 bridgehead atoms. The Kier molecular flexibility index (Phi) is 17.6. The Morgan fingerprint density at radius 2 is 1.21 bits per heavy atom. The maximum absolute atomic E-state index is 3.00. The molecule has 86 valence electrons. The first-order chi connectivity index (χ1) is 6.77. The number of hydrogen-bond acceptors (Lipinski definition) is 0. The van der Waals surface area contributed by atoms with Gasteiger partial charge in [0.1, 0.15) is 0 Å². The summed E-state index contributed by atoms with van der Waals surface area (Å²) in [5.41, 5.74) is 0. The molecule has 0 aliphatic rings. The van der Waals surface area contributed by atoms with Crippen LogP contribution in [0.2, 0.25) is 0 Å². The van der Waals surface area contributed by atoms with Crippen molar-refractivity contribution in [2.24, 2.45) is 5.92 Å². The average Bonchev–Trinajstić information content (AvgIpc) is 2.19. The smallest absolute Gasteiger partial charge is 0.0471 e. The van der Waals surface area contributed by atoms with E-state index < -0.39 is 0 Å². The summed E-state index contributed by atoms with van der Waals surface area (Å²) in [7, 11) is 0. The van der Waals surface area contributed by atoms with Gasteiger partial charge in [-0.15, -0.1) is 13.2 Å². The second kappa shape index (κ2) is 15.2. The van der Waals surface area contributed by atoms with E-state index in [4.69, 9.17) is 0 Å². The lowest BCUT2D eigenvalue weighted by molar-refractivity contribution is 0.511. The van der Waals surface area contributed by atoms with E-state index in [0.29, 0.717) is 0 Å². The van der Waals surface area contributed by atoms with Crippen molar-refractivity contribution >= 4 is 0 Å². The van der Waals surface area contributed by atoms with Crippen LogP contribution in [0.3, 0.4) is 0 Å². The van der Waals surface area contributed by atoms with E-state index in [1.807, 2.05) is 0 Å². The monoisotopic (exact) mass is 198 g/mol. The molecule has 0 aromatic heterocycles. The Hall–Kier alpha value is -0.260. The fourth-order valence-corrected chi connectivity index (χ4v) is 1.51. The minimum Gasteiger partial charge on any atom is -0.106 e. The highest BCUT2D eigenvalue weighted by Gasteiger charge is 1.93. The van der Waals surface area contributed by atoms with Crippen molar-refractivity contribution in [3.8, 4) is 0 Å². The SMILES string of the molecule is C=C.CCCCCCCCCC(C)C. The van der Waals surface area contributed by atoms with Crippen LogP contribution in [0.4, 0.5) is 0 Å². The first-order valence-corrected chi connectivity index (χ1v) is 6.27. The Balaban J connectivity index is 0. The van der Waals surface area contributed by atoms with Crippen molar-refractivity contribution in [1.82, 2.24) is 0 Å². The van der Waals surface area contributed by atoms with Crippen molar-refractivity contribution in [2.75, 3.05) is 0 Å². The van der Waals surface area contributed by atoms with Crippen molar-refractivity contribution in [3.63, 3.8) is 0 Å². The molecule has 0 rings (SSSR count). The normalized spacial score (nSPS) is 9.71. The topological polar surface area (TPSA) is 0 Å². The molecule has 0 nitrogen and oxygen atoms in total. The minimum absolute atomic E-state index is 0.903. The first kappa shape index (κ1) is 16.2. The predicted octanol–water partition coefficient (Wildman–Crippen LogP) is 5.59. The lowest BCUT2D eigenvalue weighted by Gasteiger charge is -2.03. The standard InChI is InChI=1S/C12H26.C2H4/c1-4-5-6-7-8-9-10-11-12(2)3;1-2/h12H,4-11H2,1-3H3;1-2H2. The fourth-order valence-electron chi connectivity index (χ4n) is 1.51. The van der Waals surface area contributed by atoms with Crippen molar-refractivity contribution in [1.29, 1.82) is 0 Å². The summed E-state index contributed by atoms with van der Waals surface area (Å²) in [5.74, 6) is 0.903. The molecule has 0 heteroatoms. The van der Waals surface area contributed by atoms with E-state index in [-0.39, 0.29) is 0 Å². The van der Waals surface area contributed by atoms with Crippen molar-refractivity contribution in [2.45, 2.75) is 72.1 Å². The summed E-state index contributed by atoms with van der Waals surface area (Å²) < 4.78 is 0. The first-order valence-electron chi connectivity index (χ1n) is 6.27. The molecule has 0 saturated carbocycles. The molecular formula is C14H30. The highest BCUT2D eigenvalue weighted by atomic mass is 14.0. The molecule has 0 aromatic rings. The number of unbranched alkanes of at least 4 members (excludes halogenated alkanes) is 6. The van der Waals surface area contributed by atoms with Crippen LogP contribution in [0.1, 0.15) is 72.1 Å². The van der Waals surface area contributed by atoms with E-state index in [1.165, 1.54) is 51.4 Å². The third kappa shape index (κ3) is 17.7. The van der Waals surface area contributed by atoms with Crippen LogP contribution in [-0.4, -0.2) is 0 Å². The van der Waals surface area contributed by atoms with Gasteiger partial charge in [0.2, 0.25) is 0 Å². The highest BCUT2D eigenvalue weighted by molar-refractivity contribution is 4.48.